The fourth-order valence-corrected chi connectivity index (χ4v) is 4.43. The van der Waals surface area contributed by atoms with E-state index in [0.29, 0.717) is 19.1 Å². The SMILES string of the molecule is C[C@H](N[C@@H]1[C@H](C)CCN(C(=O)OC(C)(C)C)[C@@H]1C)C(=O)N[C@@H]1CCOc2ccccc21. The molecule has 2 aliphatic heterocycles. The second-order valence-electron chi connectivity index (χ2n) is 9.83. The van der Waals surface area contributed by atoms with E-state index in [0.717, 1.165) is 24.2 Å². The number of benzene rings is 1. The largest absolute Gasteiger partial charge is 0.493 e. The van der Waals surface area contributed by atoms with Gasteiger partial charge in [0.1, 0.15) is 11.4 Å². The van der Waals surface area contributed by atoms with Crippen LogP contribution in [-0.2, 0) is 9.53 Å². The Balaban J connectivity index is 1.62. The van der Waals surface area contributed by atoms with Crippen LogP contribution in [0.1, 0.15) is 66.0 Å². The molecule has 172 valence electrons. The van der Waals surface area contributed by atoms with Crippen molar-refractivity contribution >= 4 is 12.0 Å². The van der Waals surface area contributed by atoms with Gasteiger partial charge in [-0.25, -0.2) is 4.79 Å². The van der Waals surface area contributed by atoms with Crippen LogP contribution in [-0.4, -0.2) is 53.8 Å². The van der Waals surface area contributed by atoms with Gasteiger partial charge >= 0.3 is 6.09 Å². The lowest BCUT2D eigenvalue weighted by molar-refractivity contribution is -0.124. The smallest absolute Gasteiger partial charge is 0.410 e. The molecule has 1 saturated heterocycles. The highest BCUT2D eigenvalue weighted by atomic mass is 16.6. The number of hydrogen-bond acceptors (Lipinski definition) is 5. The van der Waals surface area contributed by atoms with Gasteiger partial charge < -0.3 is 25.0 Å². The molecule has 3 rings (SSSR count). The number of rotatable bonds is 4. The van der Waals surface area contributed by atoms with E-state index in [4.69, 9.17) is 9.47 Å². The molecule has 7 nitrogen and oxygen atoms in total. The van der Waals surface area contributed by atoms with E-state index >= 15 is 0 Å². The van der Waals surface area contributed by atoms with Gasteiger partial charge in [-0.3, -0.25) is 4.79 Å². The molecule has 1 aromatic carbocycles. The van der Waals surface area contributed by atoms with Crippen LogP contribution in [0.4, 0.5) is 4.79 Å². The number of amides is 2. The minimum absolute atomic E-state index is 0.00370. The van der Waals surface area contributed by atoms with Crippen LogP contribution in [0, 0.1) is 5.92 Å². The Labute approximate surface area is 185 Å². The molecule has 5 atom stereocenters. The minimum atomic E-state index is -0.532. The molecule has 2 aliphatic rings. The Bertz CT molecular complexity index is 791. The van der Waals surface area contributed by atoms with E-state index in [2.05, 4.69) is 17.6 Å². The number of piperidine rings is 1. The standard InChI is InChI=1S/C24H37N3O4/c1-15-11-13-27(23(29)31-24(4,5)6)17(3)21(15)25-16(2)22(28)26-19-12-14-30-20-10-8-7-9-18(19)20/h7-10,15-17,19,21,25H,11-14H2,1-6H3,(H,26,28)/t15-,16+,17-,19-,21-/m1/s1. The fraction of sp³-hybridized carbons (Fsp3) is 0.667. The predicted molar refractivity (Wildman–Crippen MR) is 120 cm³/mol. The first-order chi connectivity index (χ1) is 14.6. The van der Waals surface area contributed by atoms with E-state index < -0.39 is 5.60 Å². The van der Waals surface area contributed by atoms with E-state index in [1.54, 1.807) is 4.90 Å². The lowest BCUT2D eigenvalue weighted by Crippen LogP contribution is -2.61. The predicted octanol–water partition coefficient (Wildman–Crippen LogP) is 3.64. The zero-order chi connectivity index (χ0) is 22.8. The molecular weight excluding hydrogens is 394 g/mol. The molecule has 0 spiro atoms. The van der Waals surface area contributed by atoms with Crippen LogP contribution < -0.4 is 15.4 Å². The van der Waals surface area contributed by atoms with Gasteiger partial charge in [-0.15, -0.1) is 0 Å². The van der Waals surface area contributed by atoms with Crippen molar-refractivity contribution in [1.29, 1.82) is 0 Å². The van der Waals surface area contributed by atoms with Crippen LogP contribution >= 0.6 is 0 Å². The maximum Gasteiger partial charge on any atom is 0.410 e. The minimum Gasteiger partial charge on any atom is -0.493 e. The molecule has 0 saturated carbocycles. The number of ether oxygens (including phenoxy) is 2. The van der Waals surface area contributed by atoms with Crippen molar-refractivity contribution in [2.24, 2.45) is 5.92 Å². The summed E-state index contributed by atoms with van der Waals surface area (Å²) in [7, 11) is 0. The summed E-state index contributed by atoms with van der Waals surface area (Å²) in [6, 6.07) is 7.33. The zero-order valence-electron chi connectivity index (χ0n) is 19.6. The molecule has 0 radical (unpaired) electrons. The summed E-state index contributed by atoms with van der Waals surface area (Å²) in [6.07, 6.45) is 1.32. The van der Waals surface area contributed by atoms with Gasteiger partial charge in [-0.1, -0.05) is 25.1 Å². The summed E-state index contributed by atoms with van der Waals surface area (Å²) in [5, 5.41) is 6.66. The Morgan fingerprint density at radius 3 is 2.61 bits per heavy atom. The highest BCUT2D eigenvalue weighted by molar-refractivity contribution is 5.82. The van der Waals surface area contributed by atoms with Crippen molar-refractivity contribution in [3.63, 3.8) is 0 Å². The normalized spacial score (nSPS) is 27.0. The molecule has 0 unspecified atom stereocenters. The number of carbonyl (C=O) groups excluding carboxylic acids is 2. The van der Waals surface area contributed by atoms with E-state index in [1.807, 2.05) is 58.9 Å². The quantitative estimate of drug-likeness (QED) is 0.761. The Morgan fingerprint density at radius 2 is 1.90 bits per heavy atom. The van der Waals surface area contributed by atoms with Crippen molar-refractivity contribution in [3.8, 4) is 5.75 Å². The Morgan fingerprint density at radius 1 is 1.19 bits per heavy atom. The zero-order valence-corrected chi connectivity index (χ0v) is 19.6. The van der Waals surface area contributed by atoms with E-state index in [9.17, 15) is 9.59 Å². The summed E-state index contributed by atoms with van der Waals surface area (Å²) in [5.41, 5.74) is 0.487. The highest BCUT2D eigenvalue weighted by Crippen LogP contribution is 2.31. The van der Waals surface area contributed by atoms with Crippen LogP contribution in [0.3, 0.4) is 0 Å². The number of para-hydroxylation sites is 1. The van der Waals surface area contributed by atoms with Crippen LogP contribution in [0.5, 0.6) is 5.75 Å². The molecule has 0 aromatic heterocycles. The molecule has 31 heavy (non-hydrogen) atoms. The van der Waals surface area contributed by atoms with Crippen molar-refractivity contribution in [2.75, 3.05) is 13.2 Å². The average Bonchev–Trinajstić information content (AvgIpc) is 2.69. The molecule has 1 fully saturated rings. The van der Waals surface area contributed by atoms with Gasteiger partial charge in [0.15, 0.2) is 0 Å². The maximum atomic E-state index is 13.0. The average molecular weight is 432 g/mol. The van der Waals surface area contributed by atoms with Gasteiger partial charge in [-0.05, 0) is 53.0 Å². The van der Waals surface area contributed by atoms with Gasteiger partial charge in [0.2, 0.25) is 5.91 Å². The monoisotopic (exact) mass is 431 g/mol. The summed E-state index contributed by atoms with van der Waals surface area (Å²) >= 11 is 0. The fourth-order valence-electron chi connectivity index (χ4n) is 4.43. The number of carbonyl (C=O) groups is 2. The van der Waals surface area contributed by atoms with Crippen LogP contribution in [0.25, 0.3) is 0 Å². The molecule has 2 amide bonds. The number of nitrogens with one attached hydrogen (secondary N) is 2. The van der Waals surface area contributed by atoms with Gasteiger partial charge in [0.05, 0.1) is 18.7 Å². The summed E-state index contributed by atoms with van der Waals surface area (Å²) in [4.78, 5) is 27.4. The maximum absolute atomic E-state index is 13.0. The van der Waals surface area contributed by atoms with Crippen molar-refractivity contribution in [3.05, 3.63) is 29.8 Å². The summed E-state index contributed by atoms with van der Waals surface area (Å²) < 4.78 is 11.3. The molecule has 0 aliphatic carbocycles. The lowest BCUT2D eigenvalue weighted by atomic mass is 9.87. The number of hydrogen-bond donors (Lipinski definition) is 2. The molecule has 7 heteroatoms. The van der Waals surface area contributed by atoms with Gasteiger partial charge in [0, 0.05) is 30.6 Å². The molecule has 0 bridgehead atoms. The summed E-state index contributed by atoms with van der Waals surface area (Å²) in [5.74, 6) is 1.13. The molecule has 2 heterocycles. The number of fused-ring (bicyclic) bond motifs is 1. The number of nitrogens with zero attached hydrogens (tertiary/aromatic N) is 1. The lowest BCUT2D eigenvalue weighted by Gasteiger charge is -2.44. The van der Waals surface area contributed by atoms with Crippen molar-refractivity contribution in [1.82, 2.24) is 15.5 Å². The Hall–Kier alpha value is -2.28. The molecule has 2 N–H and O–H groups in total. The van der Waals surface area contributed by atoms with Crippen LogP contribution in [0.15, 0.2) is 24.3 Å². The van der Waals surface area contributed by atoms with Gasteiger partial charge in [-0.2, -0.15) is 0 Å². The first kappa shape index (κ1) is 23.4. The Kier molecular flexibility index (Phi) is 7.14. The van der Waals surface area contributed by atoms with E-state index in [1.165, 1.54) is 0 Å². The van der Waals surface area contributed by atoms with Crippen LogP contribution in [0.2, 0.25) is 0 Å². The second-order valence-corrected chi connectivity index (χ2v) is 9.83. The second kappa shape index (κ2) is 9.47. The molecule has 1 aromatic rings. The molecular formula is C24H37N3O4. The third-order valence-electron chi connectivity index (χ3n) is 6.19. The third kappa shape index (κ3) is 5.70. The summed E-state index contributed by atoms with van der Waals surface area (Å²) in [6.45, 7) is 12.9. The first-order valence-electron chi connectivity index (χ1n) is 11.3. The topological polar surface area (TPSA) is 79.9 Å². The first-order valence-corrected chi connectivity index (χ1v) is 11.3. The highest BCUT2D eigenvalue weighted by Gasteiger charge is 2.38. The van der Waals surface area contributed by atoms with Crippen molar-refractivity contribution in [2.45, 2.75) is 84.2 Å². The van der Waals surface area contributed by atoms with Gasteiger partial charge in [0.25, 0.3) is 0 Å². The number of likely N-dealkylation sites (tertiary alicyclic amines) is 1. The third-order valence-corrected chi connectivity index (χ3v) is 6.19. The van der Waals surface area contributed by atoms with E-state index in [-0.39, 0.29) is 36.2 Å². The van der Waals surface area contributed by atoms with Crippen molar-refractivity contribution < 1.29 is 19.1 Å².